The van der Waals surface area contributed by atoms with E-state index in [0.29, 0.717) is 36.8 Å². The molecule has 1 aliphatic heterocycles. The normalized spacial score (nSPS) is 17.7. The van der Waals surface area contributed by atoms with Gasteiger partial charge in [0.2, 0.25) is 17.6 Å². The molecule has 0 N–H and O–H groups in total. The van der Waals surface area contributed by atoms with Crippen molar-refractivity contribution in [1.82, 2.24) is 15.0 Å². The molecule has 0 bridgehead atoms. The Morgan fingerprint density at radius 2 is 1.97 bits per heavy atom. The number of piperidine rings is 1. The Balaban J connectivity index is 1.42. The summed E-state index contributed by atoms with van der Waals surface area (Å²) >= 11 is 0. The minimum absolute atomic E-state index is 0.0360. The lowest BCUT2D eigenvalue weighted by Crippen LogP contribution is -2.42. The predicted molar refractivity (Wildman–Crippen MR) is 108 cm³/mol. The molecule has 0 spiro atoms. The molecule has 1 fully saturated rings. The standard InChI is InChI=1S/C23H23F2N3O2/c1-15(11-16-5-2-8-19(24)12-16)23(29)28-10-4-7-18(14-28)22-26-21(27-30-22)17-6-3-9-20(25)13-17/h2-3,5-6,8-9,12-13,15,18H,4,7,10-11,14H2,1H3. The van der Waals surface area contributed by atoms with Gasteiger partial charge in [-0.05, 0) is 49.1 Å². The maximum absolute atomic E-state index is 13.5. The van der Waals surface area contributed by atoms with Crippen molar-refractivity contribution in [3.8, 4) is 11.4 Å². The van der Waals surface area contributed by atoms with Gasteiger partial charge in [0.15, 0.2) is 0 Å². The zero-order chi connectivity index (χ0) is 21.1. The summed E-state index contributed by atoms with van der Waals surface area (Å²) in [7, 11) is 0. The summed E-state index contributed by atoms with van der Waals surface area (Å²) in [5, 5.41) is 3.98. The first-order valence-electron chi connectivity index (χ1n) is 10.1. The summed E-state index contributed by atoms with van der Waals surface area (Å²) in [6.45, 7) is 3.04. The van der Waals surface area contributed by atoms with Gasteiger partial charge in [-0.15, -0.1) is 0 Å². The molecule has 1 amide bonds. The summed E-state index contributed by atoms with van der Waals surface area (Å²) in [5.74, 6) is -0.128. The second-order valence-corrected chi connectivity index (χ2v) is 7.83. The minimum atomic E-state index is -0.361. The Morgan fingerprint density at radius 1 is 1.20 bits per heavy atom. The fraction of sp³-hybridized carbons (Fsp3) is 0.348. The van der Waals surface area contributed by atoms with Gasteiger partial charge in [-0.1, -0.05) is 36.3 Å². The van der Waals surface area contributed by atoms with Crippen LogP contribution in [0.15, 0.2) is 53.1 Å². The lowest BCUT2D eigenvalue weighted by molar-refractivity contribution is -0.136. The molecule has 3 aromatic rings. The monoisotopic (exact) mass is 411 g/mol. The van der Waals surface area contributed by atoms with Gasteiger partial charge >= 0.3 is 0 Å². The van der Waals surface area contributed by atoms with Crippen LogP contribution in [0.4, 0.5) is 8.78 Å². The molecule has 2 unspecified atom stereocenters. The van der Waals surface area contributed by atoms with E-state index in [-0.39, 0.29) is 29.4 Å². The summed E-state index contributed by atoms with van der Waals surface area (Å²) in [6, 6.07) is 12.4. The summed E-state index contributed by atoms with van der Waals surface area (Å²) in [4.78, 5) is 19.2. The first-order chi connectivity index (χ1) is 14.5. The highest BCUT2D eigenvalue weighted by molar-refractivity contribution is 5.79. The van der Waals surface area contributed by atoms with E-state index in [1.165, 1.54) is 24.3 Å². The van der Waals surface area contributed by atoms with Crippen LogP contribution in [0.3, 0.4) is 0 Å². The minimum Gasteiger partial charge on any atom is -0.342 e. The molecule has 2 aromatic carbocycles. The van der Waals surface area contributed by atoms with Crippen LogP contribution in [0.2, 0.25) is 0 Å². The van der Waals surface area contributed by atoms with Crippen LogP contribution < -0.4 is 0 Å². The predicted octanol–water partition coefficient (Wildman–Crippen LogP) is 4.60. The Labute approximate surface area is 173 Å². The summed E-state index contributed by atoms with van der Waals surface area (Å²) < 4.78 is 32.3. The molecule has 4 rings (SSSR count). The van der Waals surface area contributed by atoms with Crippen molar-refractivity contribution in [2.75, 3.05) is 13.1 Å². The topological polar surface area (TPSA) is 59.2 Å². The molecule has 5 nitrogen and oxygen atoms in total. The number of carbonyl (C=O) groups excluding carboxylic acids is 1. The quantitative estimate of drug-likeness (QED) is 0.616. The van der Waals surface area contributed by atoms with Crippen LogP contribution in [0.5, 0.6) is 0 Å². The molecule has 2 heterocycles. The molecule has 0 aliphatic carbocycles. The highest BCUT2D eigenvalue weighted by atomic mass is 19.1. The SMILES string of the molecule is CC(Cc1cccc(F)c1)C(=O)N1CCCC(c2nc(-c3cccc(F)c3)no2)C1. The van der Waals surface area contributed by atoms with Gasteiger partial charge in [-0.3, -0.25) is 4.79 Å². The van der Waals surface area contributed by atoms with Crippen LogP contribution in [-0.2, 0) is 11.2 Å². The van der Waals surface area contributed by atoms with E-state index in [2.05, 4.69) is 10.1 Å². The molecular weight excluding hydrogens is 388 g/mol. The van der Waals surface area contributed by atoms with Gasteiger partial charge in [0.25, 0.3) is 0 Å². The zero-order valence-corrected chi connectivity index (χ0v) is 16.7. The maximum Gasteiger partial charge on any atom is 0.231 e. The van der Waals surface area contributed by atoms with Crippen molar-refractivity contribution in [1.29, 1.82) is 0 Å². The fourth-order valence-electron chi connectivity index (χ4n) is 3.94. The second-order valence-electron chi connectivity index (χ2n) is 7.83. The highest BCUT2D eigenvalue weighted by Crippen LogP contribution is 2.29. The van der Waals surface area contributed by atoms with Crippen molar-refractivity contribution in [3.63, 3.8) is 0 Å². The molecule has 0 saturated carbocycles. The van der Waals surface area contributed by atoms with Crippen molar-refractivity contribution >= 4 is 5.91 Å². The van der Waals surface area contributed by atoms with E-state index < -0.39 is 0 Å². The Kier molecular flexibility index (Phi) is 5.88. The van der Waals surface area contributed by atoms with Crippen molar-refractivity contribution in [2.24, 2.45) is 5.92 Å². The lowest BCUT2D eigenvalue weighted by atomic mass is 9.94. The molecule has 7 heteroatoms. The first-order valence-corrected chi connectivity index (χ1v) is 10.1. The van der Waals surface area contributed by atoms with Gasteiger partial charge in [-0.25, -0.2) is 8.78 Å². The number of likely N-dealkylation sites (tertiary alicyclic amines) is 1. The van der Waals surface area contributed by atoms with Crippen molar-refractivity contribution in [2.45, 2.75) is 32.1 Å². The van der Waals surface area contributed by atoms with Crippen LogP contribution >= 0.6 is 0 Å². The van der Waals surface area contributed by atoms with Gasteiger partial charge in [0, 0.05) is 24.6 Å². The Morgan fingerprint density at radius 3 is 2.73 bits per heavy atom. The number of amides is 1. The zero-order valence-electron chi connectivity index (χ0n) is 16.7. The van der Waals surface area contributed by atoms with E-state index in [1.54, 1.807) is 18.2 Å². The van der Waals surface area contributed by atoms with Crippen molar-refractivity contribution < 1.29 is 18.1 Å². The van der Waals surface area contributed by atoms with Crippen LogP contribution in [0.1, 0.15) is 37.1 Å². The first kappa shape index (κ1) is 20.2. The number of hydrogen-bond donors (Lipinski definition) is 0. The van der Waals surface area contributed by atoms with Crippen LogP contribution in [0, 0.1) is 17.6 Å². The Bertz CT molecular complexity index is 1040. The maximum atomic E-state index is 13.5. The van der Waals surface area contributed by atoms with E-state index in [9.17, 15) is 13.6 Å². The van der Waals surface area contributed by atoms with Gasteiger partial charge < -0.3 is 9.42 Å². The van der Waals surface area contributed by atoms with Gasteiger partial charge in [0.1, 0.15) is 11.6 Å². The molecule has 2 atom stereocenters. The molecule has 156 valence electrons. The molecule has 1 saturated heterocycles. The molecule has 0 radical (unpaired) electrons. The van der Waals surface area contributed by atoms with Crippen LogP contribution in [-0.4, -0.2) is 34.0 Å². The number of aromatic nitrogens is 2. The van der Waals surface area contributed by atoms with E-state index in [4.69, 9.17) is 4.52 Å². The van der Waals surface area contributed by atoms with Crippen LogP contribution in [0.25, 0.3) is 11.4 Å². The Hall–Kier alpha value is -3.09. The van der Waals surface area contributed by atoms with E-state index in [0.717, 1.165) is 18.4 Å². The number of benzene rings is 2. The average molecular weight is 411 g/mol. The smallest absolute Gasteiger partial charge is 0.231 e. The third-order valence-electron chi connectivity index (χ3n) is 5.46. The third kappa shape index (κ3) is 4.56. The summed E-state index contributed by atoms with van der Waals surface area (Å²) in [5.41, 5.74) is 1.36. The lowest BCUT2D eigenvalue weighted by Gasteiger charge is -2.33. The molecule has 30 heavy (non-hydrogen) atoms. The summed E-state index contributed by atoms with van der Waals surface area (Å²) in [6.07, 6.45) is 2.16. The fourth-order valence-corrected chi connectivity index (χ4v) is 3.94. The largest absolute Gasteiger partial charge is 0.342 e. The number of hydrogen-bond acceptors (Lipinski definition) is 4. The van der Waals surface area contributed by atoms with Gasteiger partial charge in [0.05, 0.1) is 5.92 Å². The number of carbonyl (C=O) groups is 1. The van der Waals surface area contributed by atoms with E-state index in [1.807, 2.05) is 17.9 Å². The molecule has 1 aliphatic rings. The molecular formula is C23H23F2N3O2. The third-order valence-corrected chi connectivity index (χ3v) is 5.46. The van der Waals surface area contributed by atoms with Gasteiger partial charge in [-0.2, -0.15) is 4.98 Å². The molecule has 1 aromatic heterocycles. The average Bonchev–Trinajstić information content (AvgIpc) is 3.24. The number of halogens is 2. The van der Waals surface area contributed by atoms with Crippen molar-refractivity contribution in [3.05, 3.63) is 71.6 Å². The number of nitrogens with zero attached hydrogens (tertiary/aromatic N) is 3. The highest BCUT2D eigenvalue weighted by Gasteiger charge is 2.30. The van der Waals surface area contributed by atoms with E-state index >= 15 is 0 Å². The second kappa shape index (κ2) is 8.73. The number of rotatable bonds is 5.